The Morgan fingerprint density at radius 2 is 2.10 bits per heavy atom. The minimum absolute atomic E-state index is 0.0431. The summed E-state index contributed by atoms with van der Waals surface area (Å²) < 4.78 is 23.5. The molecule has 9 heteroatoms. The van der Waals surface area contributed by atoms with Crippen LogP contribution >= 0.6 is 11.6 Å². The van der Waals surface area contributed by atoms with Crippen molar-refractivity contribution in [3.63, 3.8) is 0 Å². The normalized spacial score (nSPS) is 11.1. The van der Waals surface area contributed by atoms with E-state index in [0.717, 1.165) is 6.20 Å². The number of halogens is 1. The first kappa shape index (κ1) is 15.3. The number of anilines is 1. The predicted molar refractivity (Wildman–Crippen MR) is 77.0 cm³/mol. The first-order valence-electron chi connectivity index (χ1n) is 5.91. The maximum absolute atomic E-state index is 12.1. The van der Waals surface area contributed by atoms with Crippen molar-refractivity contribution >= 4 is 33.2 Å². The van der Waals surface area contributed by atoms with Gasteiger partial charge in [-0.2, -0.15) is 0 Å². The molecule has 0 saturated carbocycles. The van der Waals surface area contributed by atoms with Crippen LogP contribution in [0.15, 0.2) is 35.7 Å². The number of carbonyl (C=O) groups excluding carboxylic acids is 1. The maximum atomic E-state index is 12.1. The molecule has 7 nitrogen and oxygen atoms in total. The molecule has 0 bridgehead atoms. The number of sulfone groups is 1. The summed E-state index contributed by atoms with van der Waals surface area (Å²) in [5, 5.41) is 2.00. The summed E-state index contributed by atoms with van der Waals surface area (Å²) >= 11 is 5.85. The molecular weight excluding hydrogens is 316 g/mol. The Kier molecular flexibility index (Phi) is 4.49. The third-order valence-corrected chi connectivity index (χ3v) is 4.29. The van der Waals surface area contributed by atoms with E-state index in [1.807, 2.05) is 0 Å². The molecule has 110 valence electrons. The molecule has 2 aromatic rings. The lowest BCUT2D eigenvalue weighted by Crippen LogP contribution is -2.18. The van der Waals surface area contributed by atoms with Gasteiger partial charge < -0.3 is 5.32 Å². The highest BCUT2D eigenvalue weighted by Crippen LogP contribution is 2.16. The smallest absolute Gasteiger partial charge is 0.277 e. The van der Waals surface area contributed by atoms with E-state index in [-0.39, 0.29) is 16.5 Å². The summed E-state index contributed by atoms with van der Waals surface area (Å²) in [6.45, 7) is 1.46. The number of carbonyl (C=O) groups is 1. The standard InChI is InChI=1S/C12H11ClN4O3S/c1-2-21(19,20)12-15-7-8(13)10(17-12)11(18)16-9-5-3-4-6-14-9/h3-7H,2H2,1H3,(H,14,16,18). The molecule has 0 spiro atoms. The lowest BCUT2D eigenvalue weighted by molar-refractivity contribution is 0.102. The van der Waals surface area contributed by atoms with Crippen molar-refractivity contribution in [2.45, 2.75) is 12.1 Å². The van der Waals surface area contributed by atoms with Crippen LogP contribution in [-0.4, -0.2) is 35.0 Å². The number of pyridine rings is 1. The number of hydrogen-bond donors (Lipinski definition) is 1. The lowest BCUT2D eigenvalue weighted by atomic mass is 10.3. The van der Waals surface area contributed by atoms with Crippen LogP contribution in [0.25, 0.3) is 0 Å². The molecule has 0 aliphatic rings. The van der Waals surface area contributed by atoms with Crippen LogP contribution in [-0.2, 0) is 9.84 Å². The highest BCUT2D eigenvalue weighted by Gasteiger charge is 2.21. The van der Waals surface area contributed by atoms with Gasteiger partial charge in [-0.25, -0.2) is 23.4 Å². The molecule has 2 heterocycles. The Bertz CT molecular complexity index is 765. The van der Waals surface area contributed by atoms with Crippen LogP contribution in [0.3, 0.4) is 0 Å². The second-order valence-corrected chi connectivity index (χ2v) is 6.50. The van der Waals surface area contributed by atoms with Crippen LogP contribution in [0.1, 0.15) is 17.4 Å². The zero-order chi connectivity index (χ0) is 15.5. The van der Waals surface area contributed by atoms with Gasteiger partial charge >= 0.3 is 0 Å². The van der Waals surface area contributed by atoms with Crippen LogP contribution in [0.2, 0.25) is 5.02 Å². The SMILES string of the molecule is CCS(=O)(=O)c1ncc(Cl)c(C(=O)Nc2ccccn2)n1. The Morgan fingerprint density at radius 1 is 1.33 bits per heavy atom. The zero-order valence-electron chi connectivity index (χ0n) is 10.9. The minimum Gasteiger partial charge on any atom is -0.305 e. The van der Waals surface area contributed by atoms with Crippen molar-refractivity contribution in [2.24, 2.45) is 0 Å². The van der Waals surface area contributed by atoms with Gasteiger partial charge in [-0.05, 0) is 12.1 Å². The van der Waals surface area contributed by atoms with E-state index in [2.05, 4.69) is 20.3 Å². The fourth-order valence-corrected chi connectivity index (χ4v) is 2.28. The Labute approximate surface area is 126 Å². The molecular formula is C12H11ClN4O3S. The van der Waals surface area contributed by atoms with Gasteiger partial charge in [0.1, 0.15) is 5.82 Å². The van der Waals surface area contributed by atoms with E-state index in [0.29, 0.717) is 5.82 Å². The van der Waals surface area contributed by atoms with Gasteiger partial charge in [-0.1, -0.05) is 24.6 Å². The van der Waals surface area contributed by atoms with Gasteiger partial charge in [0.05, 0.1) is 17.0 Å². The largest absolute Gasteiger partial charge is 0.305 e. The quantitative estimate of drug-likeness (QED) is 0.856. The molecule has 0 aromatic carbocycles. The first-order valence-corrected chi connectivity index (χ1v) is 7.94. The van der Waals surface area contributed by atoms with E-state index in [4.69, 9.17) is 11.6 Å². The fourth-order valence-electron chi connectivity index (χ4n) is 1.40. The summed E-state index contributed by atoms with van der Waals surface area (Å²) in [5.74, 6) is -0.527. The summed E-state index contributed by atoms with van der Waals surface area (Å²) in [6, 6.07) is 4.97. The minimum atomic E-state index is -3.62. The van der Waals surface area contributed by atoms with Crippen molar-refractivity contribution in [1.82, 2.24) is 15.0 Å². The van der Waals surface area contributed by atoms with Gasteiger partial charge in [0.15, 0.2) is 5.69 Å². The molecule has 0 fully saturated rings. The summed E-state index contributed by atoms with van der Waals surface area (Å²) in [4.78, 5) is 23.4. The van der Waals surface area contributed by atoms with E-state index in [9.17, 15) is 13.2 Å². The Balaban J connectivity index is 2.35. The Morgan fingerprint density at radius 3 is 2.71 bits per heavy atom. The second kappa shape index (κ2) is 6.15. The maximum Gasteiger partial charge on any atom is 0.277 e. The Hall–Kier alpha value is -2.06. The van der Waals surface area contributed by atoms with Gasteiger partial charge in [-0.15, -0.1) is 0 Å². The number of rotatable bonds is 4. The fraction of sp³-hybridized carbons (Fsp3) is 0.167. The molecule has 0 radical (unpaired) electrons. The molecule has 0 atom stereocenters. The average Bonchev–Trinajstić information content (AvgIpc) is 2.48. The molecule has 2 rings (SSSR count). The van der Waals surface area contributed by atoms with Gasteiger partial charge in [0.25, 0.3) is 5.91 Å². The van der Waals surface area contributed by atoms with Crippen LogP contribution in [0, 0.1) is 0 Å². The van der Waals surface area contributed by atoms with Gasteiger partial charge in [-0.3, -0.25) is 4.79 Å². The molecule has 1 N–H and O–H groups in total. The highest BCUT2D eigenvalue weighted by atomic mass is 35.5. The van der Waals surface area contributed by atoms with Crippen molar-refractivity contribution in [2.75, 3.05) is 11.1 Å². The average molecular weight is 327 g/mol. The number of amides is 1. The summed E-state index contributed by atoms with van der Waals surface area (Å²) in [6.07, 6.45) is 2.59. The van der Waals surface area contributed by atoms with Gasteiger partial charge in [0.2, 0.25) is 15.0 Å². The third kappa shape index (κ3) is 3.53. The zero-order valence-corrected chi connectivity index (χ0v) is 12.5. The molecule has 2 aromatic heterocycles. The summed E-state index contributed by atoms with van der Waals surface area (Å²) in [7, 11) is -3.62. The summed E-state index contributed by atoms with van der Waals surface area (Å²) in [5.41, 5.74) is -0.218. The van der Waals surface area contributed by atoms with Crippen LogP contribution in [0.4, 0.5) is 5.82 Å². The van der Waals surface area contributed by atoms with Crippen LogP contribution < -0.4 is 5.32 Å². The molecule has 1 amide bonds. The van der Waals surface area contributed by atoms with E-state index in [1.54, 1.807) is 18.2 Å². The van der Waals surface area contributed by atoms with Crippen LogP contribution in [0.5, 0.6) is 0 Å². The number of nitrogens with one attached hydrogen (secondary N) is 1. The van der Waals surface area contributed by atoms with E-state index in [1.165, 1.54) is 13.1 Å². The van der Waals surface area contributed by atoms with Crippen molar-refractivity contribution in [1.29, 1.82) is 0 Å². The van der Waals surface area contributed by atoms with Gasteiger partial charge in [0, 0.05) is 6.20 Å². The number of nitrogens with zero attached hydrogens (tertiary/aromatic N) is 3. The molecule has 21 heavy (non-hydrogen) atoms. The highest BCUT2D eigenvalue weighted by molar-refractivity contribution is 7.91. The molecule has 0 saturated heterocycles. The lowest BCUT2D eigenvalue weighted by Gasteiger charge is -2.06. The third-order valence-electron chi connectivity index (χ3n) is 2.50. The van der Waals surface area contributed by atoms with Crippen molar-refractivity contribution in [3.05, 3.63) is 41.3 Å². The van der Waals surface area contributed by atoms with Crippen molar-refractivity contribution < 1.29 is 13.2 Å². The number of aromatic nitrogens is 3. The molecule has 0 aliphatic carbocycles. The first-order chi connectivity index (χ1) is 9.94. The monoisotopic (exact) mass is 326 g/mol. The predicted octanol–water partition coefficient (Wildman–Crippen LogP) is 1.57. The molecule has 0 unspecified atom stereocenters. The van der Waals surface area contributed by atoms with E-state index >= 15 is 0 Å². The molecule has 0 aliphatic heterocycles. The second-order valence-electron chi connectivity index (χ2n) is 3.92. The number of hydrogen-bond acceptors (Lipinski definition) is 6. The topological polar surface area (TPSA) is 102 Å². The van der Waals surface area contributed by atoms with Crippen molar-refractivity contribution in [3.8, 4) is 0 Å². The van der Waals surface area contributed by atoms with E-state index < -0.39 is 20.9 Å².